The van der Waals surface area contributed by atoms with Crippen LogP contribution in [0.15, 0.2) is 36.4 Å². The molecule has 0 atom stereocenters. The quantitative estimate of drug-likeness (QED) is 0.809. The van der Waals surface area contributed by atoms with Gasteiger partial charge in [-0.3, -0.25) is 9.59 Å². The second-order valence-corrected chi connectivity index (χ2v) is 5.92. The molecule has 0 spiro atoms. The molecule has 4 heteroatoms. The number of anilines is 1. The number of nitrogens with one attached hydrogen (secondary N) is 1. The Morgan fingerprint density at radius 2 is 1.79 bits per heavy atom. The van der Waals surface area contributed by atoms with Crippen molar-refractivity contribution in [2.45, 2.75) is 33.6 Å². The van der Waals surface area contributed by atoms with E-state index in [-0.39, 0.29) is 24.5 Å². The second kappa shape index (κ2) is 7.77. The van der Waals surface area contributed by atoms with Crippen molar-refractivity contribution in [1.29, 1.82) is 0 Å². The largest absolute Gasteiger partial charge is 0.496 e. The Morgan fingerprint density at radius 3 is 2.50 bits per heavy atom. The third-order valence-corrected chi connectivity index (χ3v) is 4.11. The number of methoxy groups -OCH3 is 1. The van der Waals surface area contributed by atoms with E-state index in [1.54, 1.807) is 12.1 Å². The van der Waals surface area contributed by atoms with E-state index in [0.29, 0.717) is 11.3 Å². The Labute approximate surface area is 142 Å². The molecular weight excluding hydrogens is 302 g/mol. The van der Waals surface area contributed by atoms with Gasteiger partial charge >= 0.3 is 0 Å². The summed E-state index contributed by atoms with van der Waals surface area (Å²) < 4.78 is 5.23. The van der Waals surface area contributed by atoms with Gasteiger partial charge in [0, 0.05) is 18.5 Å². The van der Waals surface area contributed by atoms with E-state index < -0.39 is 0 Å². The first kappa shape index (κ1) is 17.7. The topological polar surface area (TPSA) is 55.4 Å². The van der Waals surface area contributed by atoms with E-state index in [4.69, 9.17) is 4.74 Å². The monoisotopic (exact) mass is 325 g/mol. The minimum absolute atomic E-state index is 0.0911. The lowest BCUT2D eigenvalue weighted by atomic mass is 10.0. The van der Waals surface area contributed by atoms with Gasteiger partial charge in [-0.05, 0) is 50.1 Å². The molecule has 0 aromatic heterocycles. The van der Waals surface area contributed by atoms with E-state index in [2.05, 4.69) is 5.32 Å². The first-order valence-corrected chi connectivity index (χ1v) is 7.96. The maximum atomic E-state index is 12.4. The van der Waals surface area contributed by atoms with Gasteiger partial charge in [-0.25, -0.2) is 0 Å². The molecule has 0 saturated carbocycles. The molecule has 0 radical (unpaired) electrons. The highest BCUT2D eigenvalue weighted by Gasteiger charge is 2.15. The Hall–Kier alpha value is -2.62. The number of ketones is 1. The molecule has 1 N–H and O–H groups in total. The van der Waals surface area contributed by atoms with E-state index in [1.807, 2.05) is 45.0 Å². The zero-order valence-electron chi connectivity index (χ0n) is 14.6. The number of hydrogen-bond donors (Lipinski definition) is 1. The number of aryl methyl sites for hydroxylation is 2. The van der Waals surface area contributed by atoms with Gasteiger partial charge in [-0.15, -0.1) is 0 Å². The van der Waals surface area contributed by atoms with Crippen LogP contribution in [0.2, 0.25) is 0 Å². The predicted octanol–water partition coefficient (Wildman–Crippen LogP) is 4.22. The van der Waals surface area contributed by atoms with Crippen LogP contribution >= 0.6 is 0 Å². The molecule has 2 aromatic rings. The maximum absolute atomic E-state index is 12.4. The van der Waals surface area contributed by atoms with Crippen molar-refractivity contribution in [1.82, 2.24) is 0 Å². The lowest BCUT2D eigenvalue weighted by molar-refractivity contribution is -0.116. The second-order valence-electron chi connectivity index (χ2n) is 5.92. The summed E-state index contributed by atoms with van der Waals surface area (Å²) in [4.78, 5) is 24.5. The van der Waals surface area contributed by atoms with E-state index in [1.165, 1.54) is 7.11 Å². The third-order valence-electron chi connectivity index (χ3n) is 4.11. The van der Waals surface area contributed by atoms with Gasteiger partial charge in [0.1, 0.15) is 5.75 Å². The van der Waals surface area contributed by atoms with Gasteiger partial charge in [0.15, 0.2) is 5.78 Å². The standard InChI is InChI=1S/C20H23NO3/c1-13-8-10-19(24-4)16(12-13)18(22)9-11-20(23)21-17-7-5-6-14(2)15(17)3/h5-8,10,12H,9,11H2,1-4H3,(H,21,23). The molecule has 0 aliphatic carbocycles. The van der Waals surface area contributed by atoms with Crippen LogP contribution < -0.4 is 10.1 Å². The highest BCUT2D eigenvalue weighted by atomic mass is 16.5. The fourth-order valence-electron chi connectivity index (χ4n) is 2.50. The summed E-state index contributed by atoms with van der Waals surface area (Å²) >= 11 is 0. The van der Waals surface area contributed by atoms with Crippen LogP contribution in [0.5, 0.6) is 5.75 Å². The Morgan fingerprint density at radius 1 is 1.04 bits per heavy atom. The Bertz CT molecular complexity index is 765. The number of Topliss-reactive ketones (excluding diaryl/α,β-unsaturated/α-hetero) is 1. The molecule has 0 heterocycles. The van der Waals surface area contributed by atoms with Crippen molar-refractivity contribution in [2.24, 2.45) is 0 Å². The number of carbonyl (C=O) groups is 2. The zero-order valence-corrected chi connectivity index (χ0v) is 14.6. The van der Waals surface area contributed by atoms with Gasteiger partial charge in [0.2, 0.25) is 5.91 Å². The smallest absolute Gasteiger partial charge is 0.224 e. The van der Waals surface area contributed by atoms with Crippen molar-refractivity contribution in [2.75, 3.05) is 12.4 Å². The van der Waals surface area contributed by atoms with Gasteiger partial charge in [0.05, 0.1) is 12.7 Å². The lowest BCUT2D eigenvalue weighted by Crippen LogP contribution is -2.14. The minimum atomic E-state index is -0.163. The molecule has 0 aliphatic heterocycles. The molecule has 0 aliphatic rings. The summed E-state index contributed by atoms with van der Waals surface area (Å²) in [6.45, 7) is 5.88. The van der Waals surface area contributed by atoms with Crippen LogP contribution in [0, 0.1) is 20.8 Å². The molecule has 2 rings (SSSR count). The van der Waals surface area contributed by atoms with Gasteiger partial charge in [-0.1, -0.05) is 23.8 Å². The number of rotatable bonds is 6. The summed E-state index contributed by atoms with van der Waals surface area (Å²) in [6.07, 6.45) is 0.291. The molecule has 126 valence electrons. The fourth-order valence-corrected chi connectivity index (χ4v) is 2.50. The Kier molecular flexibility index (Phi) is 5.74. The van der Waals surface area contributed by atoms with Crippen LogP contribution in [0.3, 0.4) is 0 Å². The molecule has 0 unspecified atom stereocenters. The maximum Gasteiger partial charge on any atom is 0.224 e. The summed E-state index contributed by atoms with van der Waals surface area (Å²) in [5.41, 5.74) is 4.46. The number of ether oxygens (including phenoxy) is 1. The predicted molar refractivity (Wildman–Crippen MR) is 95.8 cm³/mol. The number of benzene rings is 2. The first-order valence-electron chi connectivity index (χ1n) is 7.96. The molecule has 0 saturated heterocycles. The number of hydrogen-bond acceptors (Lipinski definition) is 3. The molecule has 0 fully saturated rings. The SMILES string of the molecule is COc1ccc(C)cc1C(=O)CCC(=O)Nc1cccc(C)c1C. The van der Waals surface area contributed by atoms with Gasteiger partial charge in [0.25, 0.3) is 0 Å². The van der Waals surface area contributed by atoms with E-state index in [0.717, 1.165) is 22.4 Å². The average molecular weight is 325 g/mol. The van der Waals surface area contributed by atoms with Crippen LogP contribution in [0.1, 0.15) is 39.9 Å². The normalized spacial score (nSPS) is 10.3. The first-order chi connectivity index (χ1) is 11.4. The van der Waals surface area contributed by atoms with Gasteiger partial charge in [-0.2, -0.15) is 0 Å². The zero-order chi connectivity index (χ0) is 17.7. The van der Waals surface area contributed by atoms with Crippen molar-refractivity contribution in [3.8, 4) is 5.75 Å². The molecule has 0 bridgehead atoms. The van der Waals surface area contributed by atoms with Crippen molar-refractivity contribution in [3.63, 3.8) is 0 Å². The lowest BCUT2D eigenvalue weighted by Gasteiger charge is -2.11. The van der Waals surface area contributed by atoms with E-state index in [9.17, 15) is 9.59 Å². The summed E-state index contributed by atoms with van der Waals surface area (Å²) in [7, 11) is 1.54. The molecule has 4 nitrogen and oxygen atoms in total. The third kappa shape index (κ3) is 4.22. The minimum Gasteiger partial charge on any atom is -0.496 e. The summed E-state index contributed by atoms with van der Waals surface area (Å²) in [5.74, 6) is 0.288. The van der Waals surface area contributed by atoms with Crippen LogP contribution in [0.4, 0.5) is 5.69 Å². The summed E-state index contributed by atoms with van der Waals surface area (Å²) in [6, 6.07) is 11.2. The number of carbonyl (C=O) groups excluding carboxylic acids is 2. The van der Waals surface area contributed by atoms with E-state index >= 15 is 0 Å². The highest BCUT2D eigenvalue weighted by Crippen LogP contribution is 2.22. The average Bonchev–Trinajstić information content (AvgIpc) is 2.56. The fraction of sp³-hybridized carbons (Fsp3) is 0.300. The Balaban J connectivity index is 2.00. The van der Waals surface area contributed by atoms with Crippen LogP contribution in [-0.2, 0) is 4.79 Å². The van der Waals surface area contributed by atoms with Gasteiger partial charge < -0.3 is 10.1 Å². The number of amides is 1. The summed E-state index contributed by atoms with van der Waals surface area (Å²) in [5, 5.41) is 2.88. The highest BCUT2D eigenvalue weighted by molar-refractivity contribution is 6.02. The molecule has 24 heavy (non-hydrogen) atoms. The molecule has 2 aromatic carbocycles. The van der Waals surface area contributed by atoms with Crippen LogP contribution in [-0.4, -0.2) is 18.8 Å². The molecule has 1 amide bonds. The molecular formula is C20H23NO3. The van der Waals surface area contributed by atoms with Crippen LogP contribution in [0.25, 0.3) is 0 Å². The van der Waals surface area contributed by atoms with Crippen molar-refractivity contribution >= 4 is 17.4 Å². The van der Waals surface area contributed by atoms with Crippen molar-refractivity contribution < 1.29 is 14.3 Å². The van der Waals surface area contributed by atoms with Crippen molar-refractivity contribution in [3.05, 3.63) is 58.7 Å².